The number of benzene rings is 1. The Morgan fingerprint density at radius 1 is 1.12 bits per heavy atom. The number of amides is 2. The van der Waals surface area contributed by atoms with E-state index in [2.05, 4.69) is 34.4 Å². The molecule has 1 heterocycles. The molecule has 2 N–H and O–H groups in total. The molecule has 0 unspecified atom stereocenters. The summed E-state index contributed by atoms with van der Waals surface area (Å²) in [6.45, 7) is 7.63. The highest BCUT2D eigenvalue weighted by atomic mass is 19.1. The SMILES string of the molecule is CCN(CC)c1ccc(CNC(=O)C(=O)Nc2ccc(C)c(F)c2)cn1. The fourth-order valence-corrected chi connectivity index (χ4v) is 2.38. The Morgan fingerprint density at radius 2 is 1.85 bits per heavy atom. The van der Waals surface area contributed by atoms with Crippen LogP contribution in [0.25, 0.3) is 0 Å². The monoisotopic (exact) mass is 358 g/mol. The summed E-state index contributed by atoms with van der Waals surface area (Å²) in [7, 11) is 0. The summed E-state index contributed by atoms with van der Waals surface area (Å²) in [5.74, 6) is -1.22. The molecule has 0 saturated carbocycles. The van der Waals surface area contributed by atoms with Gasteiger partial charge in [0, 0.05) is 31.5 Å². The molecule has 138 valence electrons. The molecular formula is C19H23FN4O2. The highest BCUT2D eigenvalue weighted by molar-refractivity contribution is 6.39. The second kappa shape index (κ2) is 8.94. The molecular weight excluding hydrogens is 335 g/mol. The maximum absolute atomic E-state index is 13.5. The lowest BCUT2D eigenvalue weighted by molar-refractivity contribution is -0.136. The number of carbonyl (C=O) groups is 2. The minimum atomic E-state index is -0.846. The summed E-state index contributed by atoms with van der Waals surface area (Å²) in [6.07, 6.45) is 1.67. The number of anilines is 2. The molecule has 0 aliphatic heterocycles. The number of pyridine rings is 1. The summed E-state index contributed by atoms with van der Waals surface area (Å²) < 4.78 is 13.5. The van der Waals surface area contributed by atoms with Crippen LogP contribution in [0.3, 0.4) is 0 Å². The van der Waals surface area contributed by atoms with E-state index in [1.165, 1.54) is 12.1 Å². The molecule has 0 radical (unpaired) electrons. The number of nitrogens with zero attached hydrogens (tertiary/aromatic N) is 2. The van der Waals surface area contributed by atoms with E-state index in [-0.39, 0.29) is 12.2 Å². The number of hydrogen-bond donors (Lipinski definition) is 2. The van der Waals surface area contributed by atoms with Gasteiger partial charge in [-0.2, -0.15) is 0 Å². The van der Waals surface area contributed by atoms with Crippen molar-refractivity contribution in [1.29, 1.82) is 0 Å². The van der Waals surface area contributed by atoms with Crippen LogP contribution in [0.1, 0.15) is 25.0 Å². The first-order chi connectivity index (χ1) is 12.4. The van der Waals surface area contributed by atoms with Gasteiger partial charge in [-0.1, -0.05) is 12.1 Å². The lowest BCUT2D eigenvalue weighted by Crippen LogP contribution is -2.35. The second-order valence-electron chi connectivity index (χ2n) is 5.80. The number of hydrogen-bond acceptors (Lipinski definition) is 4. The van der Waals surface area contributed by atoms with Crippen molar-refractivity contribution >= 4 is 23.3 Å². The molecule has 0 spiro atoms. The van der Waals surface area contributed by atoms with Crippen LogP contribution in [0.4, 0.5) is 15.9 Å². The van der Waals surface area contributed by atoms with Crippen LogP contribution in [-0.2, 0) is 16.1 Å². The van der Waals surface area contributed by atoms with Crippen molar-refractivity contribution in [3.63, 3.8) is 0 Å². The molecule has 2 rings (SSSR count). The Bertz CT molecular complexity index is 774. The van der Waals surface area contributed by atoms with Crippen molar-refractivity contribution in [2.24, 2.45) is 0 Å². The summed E-state index contributed by atoms with van der Waals surface area (Å²) in [4.78, 5) is 30.2. The van der Waals surface area contributed by atoms with Crippen molar-refractivity contribution in [2.75, 3.05) is 23.3 Å². The van der Waals surface area contributed by atoms with E-state index >= 15 is 0 Å². The summed E-state index contributed by atoms with van der Waals surface area (Å²) in [5.41, 5.74) is 1.48. The highest BCUT2D eigenvalue weighted by Crippen LogP contribution is 2.13. The molecule has 2 aromatic rings. The Balaban J connectivity index is 1.89. The maximum atomic E-state index is 13.5. The van der Waals surface area contributed by atoms with Gasteiger partial charge < -0.3 is 15.5 Å². The van der Waals surface area contributed by atoms with E-state index in [0.29, 0.717) is 5.56 Å². The first kappa shape index (κ1) is 19.4. The van der Waals surface area contributed by atoms with Crippen molar-refractivity contribution < 1.29 is 14.0 Å². The Labute approximate surface area is 152 Å². The molecule has 2 amide bonds. The van der Waals surface area contributed by atoms with E-state index in [1.807, 2.05) is 12.1 Å². The quantitative estimate of drug-likeness (QED) is 0.779. The van der Waals surface area contributed by atoms with E-state index in [1.54, 1.807) is 19.2 Å². The third kappa shape index (κ3) is 5.02. The van der Waals surface area contributed by atoms with Crippen LogP contribution in [0.2, 0.25) is 0 Å². The van der Waals surface area contributed by atoms with Crippen LogP contribution in [0, 0.1) is 12.7 Å². The van der Waals surface area contributed by atoms with Gasteiger partial charge >= 0.3 is 11.8 Å². The zero-order valence-electron chi connectivity index (χ0n) is 15.2. The van der Waals surface area contributed by atoms with Gasteiger partial charge in [0.15, 0.2) is 0 Å². The average Bonchev–Trinajstić information content (AvgIpc) is 2.64. The van der Waals surface area contributed by atoms with E-state index in [4.69, 9.17) is 0 Å². The zero-order chi connectivity index (χ0) is 19.1. The molecule has 0 bridgehead atoms. The number of aromatic nitrogens is 1. The van der Waals surface area contributed by atoms with Gasteiger partial charge in [0.2, 0.25) is 0 Å². The fourth-order valence-electron chi connectivity index (χ4n) is 2.38. The van der Waals surface area contributed by atoms with Crippen LogP contribution in [0.15, 0.2) is 36.5 Å². The van der Waals surface area contributed by atoms with Gasteiger partial charge in [0.1, 0.15) is 11.6 Å². The van der Waals surface area contributed by atoms with E-state index in [0.717, 1.165) is 24.5 Å². The van der Waals surface area contributed by atoms with Crippen LogP contribution < -0.4 is 15.5 Å². The standard InChI is InChI=1S/C19H23FN4O2/c1-4-24(5-2)17-9-7-14(11-21-17)12-22-18(25)19(26)23-15-8-6-13(3)16(20)10-15/h6-11H,4-5,12H2,1-3H3,(H,22,25)(H,23,26). The average molecular weight is 358 g/mol. The molecule has 0 aliphatic carbocycles. The van der Waals surface area contributed by atoms with Gasteiger partial charge in [-0.15, -0.1) is 0 Å². The fraction of sp³-hybridized carbons (Fsp3) is 0.316. The third-order valence-electron chi connectivity index (χ3n) is 3.99. The van der Waals surface area contributed by atoms with Crippen molar-refractivity contribution in [3.05, 3.63) is 53.5 Å². The minimum absolute atomic E-state index is 0.181. The largest absolute Gasteiger partial charge is 0.357 e. The van der Waals surface area contributed by atoms with Crippen LogP contribution >= 0.6 is 0 Å². The van der Waals surface area contributed by atoms with Gasteiger partial charge in [-0.05, 0) is 50.1 Å². The smallest absolute Gasteiger partial charge is 0.313 e. The number of carbonyl (C=O) groups excluding carboxylic acids is 2. The summed E-state index contributed by atoms with van der Waals surface area (Å²) >= 11 is 0. The molecule has 0 atom stereocenters. The van der Waals surface area contributed by atoms with Crippen molar-refractivity contribution in [1.82, 2.24) is 10.3 Å². The highest BCUT2D eigenvalue weighted by Gasteiger charge is 2.14. The van der Waals surface area contributed by atoms with Crippen molar-refractivity contribution in [3.8, 4) is 0 Å². The van der Waals surface area contributed by atoms with Gasteiger partial charge in [-0.3, -0.25) is 9.59 Å². The summed E-state index contributed by atoms with van der Waals surface area (Å²) in [6, 6.07) is 7.99. The number of rotatable bonds is 6. The third-order valence-corrected chi connectivity index (χ3v) is 3.99. The Kier molecular flexibility index (Phi) is 6.66. The molecule has 1 aromatic heterocycles. The predicted octanol–water partition coefficient (Wildman–Crippen LogP) is 2.63. The molecule has 0 aliphatic rings. The molecule has 26 heavy (non-hydrogen) atoms. The Morgan fingerprint density at radius 3 is 2.42 bits per heavy atom. The van der Waals surface area contributed by atoms with Gasteiger partial charge in [0.05, 0.1) is 0 Å². The molecule has 7 heteroatoms. The van der Waals surface area contributed by atoms with Crippen LogP contribution in [0.5, 0.6) is 0 Å². The van der Waals surface area contributed by atoms with Crippen molar-refractivity contribution in [2.45, 2.75) is 27.3 Å². The van der Waals surface area contributed by atoms with E-state index in [9.17, 15) is 14.0 Å². The first-order valence-electron chi connectivity index (χ1n) is 8.49. The number of halogens is 1. The normalized spacial score (nSPS) is 10.3. The number of aryl methyl sites for hydroxylation is 1. The molecule has 1 aromatic carbocycles. The van der Waals surface area contributed by atoms with Gasteiger partial charge in [0.25, 0.3) is 0 Å². The summed E-state index contributed by atoms with van der Waals surface area (Å²) in [5, 5.41) is 4.90. The van der Waals surface area contributed by atoms with E-state index < -0.39 is 17.6 Å². The second-order valence-corrected chi connectivity index (χ2v) is 5.80. The minimum Gasteiger partial charge on any atom is -0.357 e. The lowest BCUT2D eigenvalue weighted by Gasteiger charge is -2.19. The lowest BCUT2D eigenvalue weighted by atomic mass is 10.2. The predicted molar refractivity (Wildman–Crippen MR) is 99.4 cm³/mol. The topological polar surface area (TPSA) is 74.3 Å². The molecule has 0 saturated heterocycles. The number of nitrogens with one attached hydrogen (secondary N) is 2. The van der Waals surface area contributed by atoms with Crippen LogP contribution in [-0.4, -0.2) is 29.9 Å². The zero-order valence-corrected chi connectivity index (χ0v) is 15.2. The maximum Gasteiger partial charge on any atom is 0.313 e. The first-order valence-corrected chi connectivity index (χ1v) is 8.49. The van der Waals surface area contributed by atoms with Gasteiger partial charge in [-0.25, -0.2) is 9.37 Å². The molecule has 0 fully saturated rings. The molecule has 6 nitrogen and oxygen atoms in total. The Hall–Kier alpha value is -2.96.